The van der Waals surface area contributed by atoms with Gasteiger partial charge < -0.3 is 10.3 Å². The lowest BCUT2D eigenvalue weighted by atomic mass is 10.2. The Hall–Kier alpha value is -1.25. The Morgan fingerprint density at radius 3 is 2.85 bits per heavy atom. The third-order valence-electron chi connectivity index (χ3n) is 2.55. The molecule has 1 aliphatic rings. The smallest absolute Gasteiger partial charge is 0.253 e. The van der Waals surface area contributed by atoms with Gasteiger partial charge in [0.2, 0.25) is 0 Å². The highest BCUT2D eigenvalue weighted by molar-refractivity contribution is 5.94. The van der Waals surface area contributed by atoms with E-state index in [1.807, 2.05) is 0 Å². The molecule has 1 fully saturated rings. The zero-order valence-electron chi connectivity index (χ0n) is 7.55. The lowest BCUT2D eigenvalue weighted by Crippen LogP contribution is -2.32. The highest BCUT2D eigenvalue weighted by Crippen LogP contribution is 2.17. The molecular weight excluding hydrogens is 164 g/mol. The molecule has 2 rings (SSSR count). The molecule has 3 nitrogen and oxygen atoms in total. The van der Waals surface area contributed by atoms with Crippen molar-refractivity contribution in [3.8, 4) is 0 Å². The molecule has 0 spiro atoms. The minimum Gasteiger partial charge on any atom is -0.367 e. The SMILES string of the molecule is O=C(NC1CCCC1)c1cc[nH]c1. The minimum absolute atomic E-state index is 0.0492. The first-order chi connectivity index (χ1) is 6.36. The van der Waals surface area contributed by atoms with Crippen LogP contribution in [-0.2, 0) is 0 Å². The Bertz CT molecular complexity index is 273. The largest absolute Gasteiger partial charge is 0.367 e. The first-order valence-electron chi connectivity index (χ1n) is 4.80. The van der Waals surface area contributed by atoms with Gasteiger partial charge in [-0.25, -0.2) is 0 Å². The number of carbonyl (C=O) groups is 1. The third kappa shape index (κ3) is 1.91. The van der Waals surface area contributed by atoms with Gasteiger partial charge in [-0.2, -0.15) is 0 Å². The van der Waals surface area contributed by atoms with E-state index in [0.29, 0.717) is 6.04 Å². The Morgan fingerprint density at radius 1 is 1.46 bits per heavy atom. The van der Waals surface area contributed by atoms with Crippen LogP contribution < -0.4 is 5.32 Å². The fraction of sp³-hybridized carbons (Fsp3) is 0.500. The zero-order valence-corrected chi connectivity index (χ0v) is 7.55. The Morgan fingerprint density at radius 2 is 2.23 bits per heavy atom. The van der Waals surface area contributed by atoms with Crippen molar-refractivity contribution in [2.45, 2.75) is 31.7 Å². The molecule has 1 aliphatic carbocycles. The van der Waals surface area contributed by atoms with Crippen LogP contribution in [0.2, 0.25) is 0 Å². The standard InChI is InChI=1S/C10H14N2O/c13-10(8-5-6-11-7-8)12-9-3-1-2-4-9/h5-7,9,11H,1-4H2,(H,12,13). The van der Waals surface area contributed by atoms with Crippen molar-refractivity contribution < 1.29 is 4.79 Å². The number of amides is 1. The number of hydrogen-bond donors (Lipinski definition) is 2. The van der Waals surface area contributed by atoms with Gasteiger partial charge in [-0.15, -0.1) is 0 Å². The molecule has 1 saturated carbocycles. The number of aromatic amines is 1. The summed E-state index contributed by atoms with van der Waals surface area (Å²) in [6.07, 6.45) is 8.26. The molecule has 2 N–H and O–H groups in total. The first-order valence-corrected chi connectivity index (χ1v) is 4.80. The van der Waals surface area contributed by atoms with E-state index < -0.39 is 0 Å². The number of carbonyl (C=O) groups excluding carboxylic acids is 1. The van der Waals surface area contributed by atoms with Gasteiger partial charge in [-0.1, -0.05) is 12.8 Å². The van der Waals surface area contributed by atoms with Crippen LogP contribution in [0.3, 0.4) is 0 Å². The molecule has 0 atom stereocenters. The summed E-state index contributed by atoms with van der Waals surface area (Å²) in [6, 6.07) is 2.20. The van der Waals surface area contributed by atoms with Gasteiger partial charge in [-0.05, 0) is 18.9 Å². The van der Waals surface area contributed by atoms with Crippen molar-refractivity contribution in [3.63, 3.8) is 0 Å². The lowest BCUT2D eigenvalue weighted by Gasteiger charge is -2.10. The molecule has 0 aromatic carbocycles. The third-order valence-corrected chi connectivity index (χ3v) is 2.55. The molecule has 1 amide bonds. The number of nitrogens with one attached hydrogen (secondary N) is 2. The van der Waals surface area contributed by atoms with Gasteiger partial charge in [0.15, 0.2) is 0 Å². The lowest BCUT2D eigenvalue weighted by molar-refractivity contribution is 0.0938. The number of hydrogen-bond acceptors (Lipinski definition) is 1. The molecule has 0 radical (unpaired) electrons. The predicted molar refractivity (Wildman–Crippen MR) is 50.5 cm³/mol. The normalized spacial score (nSPS) is 17.5. The van der Waals surface area contributed by atoms with Crippen molar-refractivity contribution in [1.29, 1.82) is 0 Å². The topological polar surface area (TPSA) is 44.9 Å². The van der Waals surface area contributed by atoms with Crippen LogP contribution in [0.5, 0.6) is 0 Å². The summed E-state index contributed by atoms with van der Waals surface area (Å²) in [4.78, 5) is 14.4. The summed E-state index contributed by atoms with van der Waals surface area (Å²) in [5.41, 5.74) is 0.729. The molecular formula is C10H14N2O. The zero-order chi connectivity index (χ0) is 9.10. The minimum atomic E-state index is 0.0492. The molecule has 13 heavy (non-hydrogen) atoms. The Kier molecular flexibility index (Phi) is 2.34. The summed E-state index contributed by atoms with van der Waals surface area (Å²) in [7, 11) is 0. The molecule has 0 aliphatic heterocycles. The van der Waals surface area contributed by atoms with E-state index in [4.69, 9.17) is 0 Å². The number of aromatic nitrogens is 1. The first kappa shape index (κ1) is 8.35. The Labute approximate surface area is 77.5 Å². The molecule has 0 unspecified atom stereocenters. The van der Waals surface area contributed by atoms with Crippen LogP contribution in [0, 0.1) is 0 Å². The highest BCUT2D eigenvalue weighted by atomic mass is 16.1. The van der Waals surface area contributed by atoms with E-state index in [9.17, 15) is 4.79 Å². The van der Waals surface area contributed by atoms with E-state index in [0.717, 1.165) is 18.4 Å². The van der Waals surface area contributed by atoms with Crippen molar-refractivity contribution >= 4 is 5.91 Å². The second-order valence-corrected chi connectivity index (χ2v) is 3.55. The van der Waals surface area contributed by atoms with Crippen molar-refractivity contribution in [1.82, 2.24) is 10.3 Å². The fourth-order valence-electron chi connectivity index (χ4n) is 1.80. The molecule has 1 aromatic heterocycles. The van der Waals surface area contributed by atoms with Gasteiger partial charge >= 0.3 is 0 Å². The van der Waals surface area contributed by atoms with E-state index in [1.54, 1.807) is 18.5 Å². The molecule has 3 heteroatoms. The van der Waals surface area contributed by atoms with Gasteiger partial charge in [0, 0.05) is 18.4 Å². The summed E-state index contributed by atoms with van der Waals surface area (Å²) in [5.74, 6) is 0.0492. The molecule has 1 aromatic rings. The van der Waals surface area contributed by atoms with Crippen LogP contribution in [0.15, 0.2) is 18.5 Å². The second kappa shape index (κ2) is 3.64. The summed E-state index contributed by atoms with van der Waals surface area (Å²) >= 11 is 0. The number of H-pyrrole nitrogens is 1. The van der Waals surface area contributed by atoms with Gasteiger partial charge in [-0.3, -0.25) is 4.79 Å². The van der Waals surface area contributed by atoms with E-state index >= 15 is 0 Å². The van der Waals surface area contributed by atoms with E-state index in [2.05, 4.69) is 10.3 Å². The maximum Gasteiger partial charge on any atom is 0.253 e. The van der Waals surface area contributed by atoms with Crippen LogP contribution >= 0.6 is 0 Å². The summed E-state index contributed by atoms with van der Waals surface area (Å²) < 4.78 is 0. The van der Waals surface area contributed by atoms with Crippen LogP contribution in [0.1, 0.15) is 36.0 Å². The highest BCUT2D eigenvalue weighted by Gasteiger charge is 2.17. The molecule has 70 valence electrons. The quantitative estimate of drug-likeness (QED) is 0.711. The van der Waals surface area contributed by atoms with Crippen molar-refractivity contribution in [3.05, 3.63) is 24.0 Å². The van der Waals surface area contributed by atoms with Gasteiger partial charge in [0.25, 0.3) is 5.91 Å². The molecule has 0 saturated heterocycles. The average molecular weight is 178 g/mol. The summed E-state index contributed by atoms with van der Waals surface area (Å²) in [5, 5.41) is 3.02. The predicted octanol–water partition coefficient (Wildman–Crippen LogP) is 1.69. The monoisotopic (exact) mass is 178 g/mol. The van der Waals surface area contributed by atoms with E-state index in [-0.39, 0.29) is 5.91 Å². The number of rotatable bonds is 2. The van der Waals surface area contributed by atoms with Crippen molar-refractivity contribution in [2.75, 3.05) is 0 Å². The summed E-state index contributed by atoms with van der Waals surface area (Å²) in [6.45, 7) is 0. The Balaban J connectivity index is 1.91. The average Bonchev–Trinajstić information content (AvgIpc) is 2.74. The van der Waals surface area contributed by atoms with E-state index in [1.165, 1.54) is 12.8 Å². The maximum atomic E-state index is 11.5. The van der Waals surface area contributed by atoms with Crippen molar-refractivity contribution in [2.24, 2.45) is 0 Å². The van der Waals surface area contributed by atoms with Crippen LogP contribution in [0.4, 0.5) is 0 Å². The van der Waals surface area contributed by atoms with Gasteiger partial charge in [0.1, 0.15) is 0 Å². The molecule has 0 bridgehead atoms. The second-order valence-electron chi connectivity index (χ2n) is 3.55. The van der Waals surface area contributed by atoms with Crippen LogP contribution in [-0.4, -0.2) is 16.9 Å². The molecule has 1 heterocycles. The van der Waals surface area contributed by atoms with Gasteiger partial charge in [0.05, 0.1) is 5.56 Å². The fourth-order valence-corrected chi connectivity index (χ4v) is 1.80. The maximum absolute atomic E-state index is 11.5. The van der Waals surface area contributed by atoms with Crippen LogP contribution in [0.25, 0.3) is 0 Å².